The number of pyridine rings is 1. The van der Waals surface area contributed by atoms with Crippen molar-refractivity contribution in [1.29, 1.82) is 0 Å². The monoisotopic (exact) mass is 323 g/mol. The Bertz CT molecular complexity index is 851. The zero-order valence-electron chi connectivity index (χ0n) is 13.1. The number of aromatic nitrogens is 1. The van der Waals surface area contributed by atoms with Crippen LogP contribution in [-0.2, 0) is 9.47 Å². The third-order valence-electron chi connectivity index (χ3n) is 4.13. The second-order valence-electron chi connectivity index (χ2n) is 5.78. The summed E-state index contributed by atoms with van der Waals surface area (Å²) in [5, 5.41) is 0.769. The normalized spacial score (nSPS) is 17.2. The van der Waals surface area contributed by atoms with E-state index in [0.29, 0.717) is 17.0 Å². The van der Waals surface area contributed by atoms with Crippen molar-refractivity contribution in [3.8, 4) is 11.5 Å². The van der Waals surface area contributed by atoms with Crippen LogP contribution in [0.4, 0.5) is 0 Å². The molecule has 24 heavy (non-hydrogen) atoms. The van der Waals surface area contributed by atoms with Crippen LogP contribution in [0.3, 0.4) is 0 Å². The van der Waals surface area contributed by atoms with E-state index >= 15 is 0 Å². The number of carbonyl (C=O) groups excluding carboxylic acids is 1. The lowest BCUT2D eigenvalue weighted by atomic mass is 10.1. The molecule has 1 aromatic carbocycles. The van der Waals surface area contributed by atoms with Gasteiger partial charge in [0.2, 0.25) is 0 Å². The van der Waals surface area contributed by atoms with E-state index in [-0.39, 0.29) is 18.7 Å². The molecule has 0 saturated carbocycles. The maximum Gasteiger partial charge on any atom is 0.338 e. The van der Waals surface area contributed by atoms with Gasteiger partial charge in [-0.1, -0.05) is 18.2 Å². The van der Waals surface area contributed by atoms with Crippen LogP contribution in [0.2, 0.25) is 0 Å². The number of furan rings is 1. The minimum Gasteiger partial charge on any atom is -0.463 e. The third kappa shape index (κ3) is 2.90. The fourth-order valence-electron chi connectivity index (χ4n) is 2.92. The molecule has 122 valence electrons. The number of para-hydroxylation sites is 1. The highest BCUT2D eigenvalue weighted by atomic mass is 16.6. The molecule has 0 N–H and O–H groups in total. The molecule has 0 amide bonds. The van der Waals surface area contributed by atoms with E-state index in [1.165, 1.54) is 0 Å². The van der Waals surface area contributed by atoms with Crippen LogP contribution in [0.25, 0.3) is 22.4 Å². The highest BCUT2D eigenvalue weighted by Crippen LogP contribution is 2.26. The predicted molar refractivity (Wildman–Crippen MR) is 88.7 cm³/mol. The molecule has 1 fully saturated rings. The first-order valence-electron chi connectivity index (χ1n) is 8.03. The van der Waals surface area contributed by atoms with Gasteiger partial charge in [-0.25, -0.2) is 9.78 Å². The van der Waals surface area contributed by atoms with Crippen LogP contribution >= 0.6 is 0 Å². The Morgan fingerprint density at radius 1 is 1.25 bits per heavy atom. The van der Waals surface area contributed by atoms with Crippen molar-refractivity contribution in [3.63, 3.8) is 0 Å². The number of nitrogens with zero attached hydrogens (tertiary/aromatic N) is 1. The molecule has 0 bridgehead atoms. The average molecular weight is 323 g/mol. The topological polar surface area (TPSA) is 61.6 Å². The summed E-state index contributed by atoms with van der Waals surface area (Å²) in [5.41, 5.74) is 1.84. The van der Waals surface area contributed by atoms with Crippen molar-refractivity contribution >= 4 is 16.9 Å². The van der Waals surface area contributed by atoms with Crippen LogP contribution in [0.1, 0.15) is 23.2 Å². The van der Waals surface area contributed by atoms with E-state index in [0.717, 1.165) is 30.4 Å². The maximum absolute atomic E-state index is 12.6. The number of esters is 1. The molecule has 3 aromatic rings. The van der Waals surface area contributed by atoms with Crippen molar-refractivity contribution in [2.24, 2.45) is 0 Å². The number of hydrogen-bond donors (Lipinski definition) is 0. The van der Waals surface area contributed by atoms with Gasteiger partial charge in [0, 0.05) is 12.0 Å². The van der Waals surface area contributed by atoms with Gasteiger partial charge in [-0.15, -0.1) is 0 Å². The van der Waals surface area contributed by atoms with Crippen molar-refractivity contribution < 1.29 is 18.7 Å². The molecule has 5 nitrogen and oxygen atoms in total. The van der Waals surface area contributed by atoms with Gasteiger partial charge in [0.25, 0.3) is 0 Å². The van der Waals surface area contributed by atoms with Gasteiger partial charge < -0.3 is 13.9 Å². The fraction of sp³-hybridized carbons (Fsp3) is 0.263. The van der Waals surface area contributed by atoms with Crippen LogP contribution in [-0.4, -0.2) is 30.3 Å². The summed E-state index contributed by atoms with van der Waals surface area (Å²) >= 11 is 0. The van der Waals surface area contributed by atoms with Gasteiger partial charge in [0.05, 0.1) is 23.4 Å². The smallest absolute Gasteiger partial charge is 0.338 e. The van der Waals surface area contributed by atoms with E-state index < -0.39 is 0 Å². The molecule has 0 spiro atoms. The molecule has 1 unspecified atom stereocenters. The summed E-state index contributed by atoms with van der Waals surface area (Å²) in [5.74, 6) is 0.255. The van der Waals surface area contributed by atoms with E-state index in [1.807, 2.05) is 30.3 Å². The van der Waals surface area contributed by atoms with Gasteiger partial charge in [-0.3, -0.25) is 0 Å². The van der Waals surface area contributed by atoms with E-state index in [1.54, 1.807) is 18.4 Å². The van der Waals surface area contributed by atoms with Crippen molar-refractivity contribution in [2.45, 2.75) is 18.9 Å². The fourth-order valence-corrected chi connectivity index (χ4v) is 2.92. The standard InChI is InChI=1S/C19H17NO4/c21-19(24-12-13-5-3-9-22-13)15-11-17(18-8-4-10-23-18)20-16-7-2-1-6-14(15)16/h1-2,4,6-8,10-11,13H,3,5,9,12H2. The first kappa shape index (κ1) is 14.9. The van der Waals surface area contributed by atoms with Crippen LogP contribution < -0.4 is 0 Å². The number of rotatable bonds is 4. The van der Waals surface area contributed by atoms with E-state index in [2.05, 4.69) is 4.98 Å². The molecule has 1 aliphatic heterocycles. The minimum absolute atomic E-state index is 0.00611. The minimum atomic E-state index is -0.364. The SMILES string of the molecule is O=C(OCC1CCCO1)c1cc(-c2ccco2)nc2ccccc12. The maximum atomic E-state index is 12.6. The Labute approximate surface area is 139 Å². The second-order valence-corrected chi connectivity index (χ2v) is 5.78. The Morgan fingerprint density at radius 2 is 2.17 bits per heavy atom. The Hall–Kier alpha value is -2.66. The van der Waals surface area contributed by atoms with Gasteiger partial charge in [-0.2, -0.15) is 0 Å². The first-order valence-corrected chi connectivity index (χ1v) is 8.03. The van der Waals surface area contributed by atoms with Crippen LogP contribution in [0.15, 0.2) is 53.1 Å². The highest BCUT2D eigenvalue weighted by molar-refractivity contribution is 6.04. The van der Waals surface area contributed by atoms with Crippen LogP contribution in [0, 0.1) is 0 Å². The molecule has 1 atom stereocenters. The quantitative estimate of drug-likeness (QED) is 0.683. The molecule has 1 aliphatic rings. The Balaban J connectivity index is 1.68. The van der Waals surface area contributed by atoms with E-state index in [9.17, 15) is 4.79 Å². The number of carbonyl (C=O) groups is 1. The summed E-state index contributed by atoms with van der Waals surface area (Å²) in [4.78, 5) is 17.2. The molecule has 0 radical (unpaired) electrons. The number of hydrogen-bond acceptors (Lipinski definition) is 5. The van der Waals surface area contributed by atoms with E-state index in [4.69, 9.17) is 13.9 Å². The second kappa shape index (κ2) is 6.45. The molecule has 3 heterocycles. The lowest BCUT2D eigenvalue weighted by Gasteiger charge is -2.12. The lowest BCUT2D eigenvalue weighted by molar-refractivity contribution is 0.0163. The number of fused-ring (bicyclic) bond motifs is 1. The van der Waals surface area contributed by atoms with Gasteiger partial charge >= 0.3 is 5.97 Å². The molecule has 2 aromatic heterocycles. The van der Waals surface area contributed by atoms with Crippen molar-refractivity contribution in [1.82, 2.24) is 4.98 Å². The highest BCUT2D eigenvalue weighted by Gasteiger charge is 2.20. The third-order valence-corrected chi connectivity index (χ3v) is 4.13. The Morgan fingerprint density at radius 3 is 2.96 bits per heavy atom. The molecular formula is C19H17NO4. The summed E-state index contributed by atoms with van der Waals surface area (Å²) in [7, 11) is 0. The zero-order valence-corrected chi connectivity index (χ0v) is 13.1. The number of benzene rings is 1. The first-order chi connectivity index (χ1) is 11.8. The largest absolute Gasteiger partial charge is 0.463 e. The summed E-state index contributed by atoms with van der Waals surface area (Å²) in [6, 6.07) is 12.9. The molecule has 4 rings (SSSR count). The Kier molecular flexibility index (Phi) is 4.01. The zero-order chi connectivity index (χ0) is 16.4. The summed E-state index contributed by atoms with van der Waals surface area (Å²) in [6.45, 7) is 1.02. The molecular weight excluding hydrogens is 306 g/mol. The summed E-state index contributed by atoms with van der Waals surface area (Å²) in [6.07, 6.45) is 3.54. The van der Waals surface area contributed by atoms with Gasteiger partial charge in [0.1, 0.15) is 12.3 Å². The van der Waals surface area contributed by atoms with Gasteiger partial charge in [-0.05, 0) is 37.1 Å². The van der Waals surface area contributed by atoms with Gasteiger partial charge in [0.15, 0.2) is 5.76 Å². The molecule has 1 saturated heterocycles. The lowest BCUT2D eigenvalue weighted by Crippen LogP contribution is -2.18. The summed E-state index contributed by atoms with van der Waals surface area (Å²) < 4.78 is 16.4. The molecule has 0 aliphatic carbocycles. The predicted octanol–water partition coefficient (Wildman–Crippen LogP) is 3.83. The van der Waals surface area contributed by atoms with Crippen molar-refractivity contribution in [3.05, 3.63) is 54.3 Å². The average Bonchev–Trinajstić information content (AvgIpc) is 3.32. The number of ether oxygens (including phenoxy) is 2. The van der Waals surface area contributed by atoms with Crippen molar-refractivity contribution in [2.75, 3.05) is 13.2 Å². The van der Waals surface area contributed by atoms with Crippen LogP contribution in [0.5, 0.6) is 0 Å². The molecule has 5 heteroatoms.